The van der Waals surface area contributed by atoms with Crippen LogP contribution >= 0.6 is 0 Å². The molecule has 4 aromatic rings. The van der Waals surface area contributed by atoms with Gasteiger partial charge in [-0.05, 0) is 29.8 Å². The highest BCUT2D eigenvalue weighted by molar-refractivity contribution is 5.52. The Morgan fingerprint density at radius 1 is 0.724 bits per heavy atom. The van der Waals surface area contributed by atoms with Gasteiger partial charge in [-0.2, -0.15) is 4.57 Å². The molecular formula is C25H20ClN3. The Labute approximate surface area is 176 Å². The van der Waals surface area contributed by atoms with Crippen molar-refractivity contribution in [2.24, 2.45) is 0 Å². The first-order chi connectivity index (χ1) is 13.9. The Balaban J connectivity index is 0.00000181. The number of aromatic nitrogens is 3. The zero-order valence-electron chi connectivity index (χ0n) is 15.8. The van der Waals surface area contributed by atoms with Crippen LogP contribution in [-0.4, -0.2) is 9.97 Å². The van der Waals surface area contributed by atoms with Gasteiger partial charge in [0.15, 0.2) is 17.9 Å². The van der Waals surface area contributed by atoms with Crippen LogP contribution in [0.2, 0.25) is 0 Å². The van der Waals surface area contributed by atoms with Gasteiger partial charge in [0.2, 0.25) is 0 Å². The van der Waals surface area contributed by atoms with E-state index < -0.39 is 0 Å². The second-order valence-electron chi connectivity index (χ2n) is 7.72. The maximum atomic E-state index is 4.87. The van der Waals surface area contributed by atoms with Gasteiger partial charge in [0.1, 0.15) is 0 Å². The lowest BCUT2D eigenvalue weighted by Crippen LogP contribution is -3.00. The summed E-state index contributed by atoms with van der Waals surface area (Å²) < 4.78 is 2.46. The van der Waals surface area contributed by atoms with Crippen molar-refractivity contribution in [2.75, 3.05) is 0 Å². The average molecular weight is 398 g/mol. The molecule has 0 N–H and O–H groups in total. The Hall–Kier alpha value is -3.04. The van der Waals surface area contributed by atoms with E-state index in [0.29, 0.717) is 0 Å². The minimum Gasteiger partial charge on any atom is -1.00 e. The van der Waals surface area contributed by atoms with Crippen molar-refractivity contribution in [3.63, 3.8) is 0 Å². The minimum absolute atomic E-state index is 0. The third-order valence-electron chi connectivity index (χ3n) is 6.47. The van der Waals surface area contributed by atoms with E-state index in [1.807, 2.05) is 24.5 Å². The molecular weight excluding hydrogens is 378 g/mol. The SMILES string of the molecule is [Cl-].c1ccc(C2(c3ccccn3)CC3c4ccccc4C2c2cccc[n+]23)nc1. The summed E-state index contributed by atoms with van der Waals surface area (Å²) in [4.78, 5) is 9.73. The second kappa shape index (κ2) is 6.78. The number of halogens is 1. The average Bonchev–Trinajstić information content (AvgIpc) is 2.80. The molecule has 3 aliphatic rings. The van der Waals surface area contributed by atoms with E-state index in [4.69, 9.17) is 9.97 Å². The molecule has 0 saturated heterocycles. The predicted molar refractivity (Wildman–Crippen MR) is 107 cm³/mol. The molecule has 3 aromatic heterocycles. The molecule has 2 unspecified atom stereocenters. The molecule has 7 rings (SSSR count). The number of rotatable bonds is 2. The third kappa shape index (κ3) is 2.41. The van der Waals surface area contributed by atoms with Crippen molar-refractivity contribution >= 4 is 0 Å². The molecule has 0 amide bonds. The standard InChI is InChI=1S/C25H20N3.ClH/c1-2-10-19-18(9-1)21-17-25(22-12-3-6-14-26-22,23-13-4-7-15-27-23)24(19)20-11-5-8-16-28(20)21;/h1-16,21,24H,17H2;1H/q+1;/p-1. The molecule has 1 aromatic carbocycles. The van der Waals surface area contributed by atoms with E-state index in [-0.39, 0.29) is 29.8 Å². The van der Waals surface area contributed by atoms with E-state index in [1.54, 1.807) is 0 Å². The highest BCUT2D eigenvalue weighted by atomic mass is 35.5. The van der Waals surface area contributed by atoms with Crippen LogP contribution in [0.25, 0.3) is 0 Å². The maximum Gasteiger partial charge on any atom is 0.190 e. The summed E-state index contributed by atoms with van der Waals surface area (Å²) >= 11 is 0. The van der Waals surface area contributed by atoms with Crippen LogP contribution in [0.15, 0.2) is 97.5 Å². The van der Waals surface area contributed by atoms with Crippen LogP contribution < -0.4 is 17.0 Å². The van der Waals surface area contributed by atoms with Gasteiger partial charge < -0.3 is 12.4 Å². The number of hydrogen-bond donors (Lipinski definition) is 0. The van der Waals surface area contributed by atoms with Crippen LogP contribution in [-0.2, 0) is 5.41 Å². The Bertz CT molecular complexity index is 1070. The van der Waals surface area contributed by atoms with E-state index in [1.165, 1.54) is 16.8 Å². The number of fused-ring (bicyclic) bond motifs is 1. The summed E-state index contributed by atoms with van der Waals surface area (Å²) in [5, 5.41) is 0. The molecule has 2 aliphatic heterocycles. The minimum atomic E-state index is -0.275. The molecule has 5 heterocycles. The topological polar surface area (TPSA) is 29.7 Å². The summed E-state index contributed by atoms with van der Waals surface area (Å²) in [7, 11) is 0. The number of pyridine rings is 3. The Kier molecular flexibility index (Phi) is 4.21. The van der Waals surface area contributed by atoms with Crippen LogP contribution in [0.5, 0.6) is 0 Å². The lowest BCUT2D eigenvalue weighted by atomic mass is 9.55. The van der Waals surface area contributed by atoms with Gasteiger partial charge in [-0.3, -0.25) is 9.97 Å². The molecule has 2 bridgehead atoms. The van der Waals surface area contributed by atoms with Crippen LogP contribution in [0.3, 0.4) is 0 Å². The summed E-state index contributed by atoms with van der Waals surface area (Å²) in [6, 6.07) is 28.3. The van der Waals surface area contributed by atoms with Crippen molar-refractivity contribution in [2.45, 2.75) is 23.8 Å². The van der Waals surface area contributed by atoms with E-state index >= 15 is 0 Å². The molecule has 0 spiro atoms. The fourth-order valence-corrected chi connectivity index (χ4v) is 5.42. The quantitative estimate of drug-likeness (QED) is 0.476. The molecule has 2 atom stereocenters. The number of nitrogens with zero attached hydrogens (tertiary/aromatic N) is 3. The van der Waals surface area contributed by atoms with Gasteiger partial charge in [-0.1, -0.05) is 42.5 Å². The predicted octanol–water partition coefficient (Wildman–Crippen LogP) is 1.19. The van der Waals surface area contributed by atoms with E-state index in [9.17, 15) is 0 Å². The molecule has 1 aliphatic carbocycles. The van der Waals surface area contributed by atoms with Crippen LogP contribution in [0.1, 0.15) is 46.6 Å². The van der Waals surface area contributed by atoms with Crippen molar-refractivity contribution in [3.8, 4) is 0 Å². The van der Waals surface area contributed by atoms with Gasteiger partial charge in [0.25, 0.3) is 0 Å². The first-order valence-electron chi connectivity index (χ1n) is 9.81. The molecule has 29 heavy (non-hydrogen) atoms. The smallest absolute Gasteiger partial charge is 0.190 e. The van der Waals surface area contributed by atoms with Crippen LogP contribution in [0.4, 0.5) is 0 Å². The highest BCUT2D eigenvalue weighted by Crippen LogP contribution is 2.58. The summed E-state index contributed by atoms with van der Waals surface area (Å²) in [5.41, 5.74) is 6.11. The van der Waals surface area contributed by atoms with Crippen molar-refractivity contribution in [3.05, 3.63) is 126 Å². The van der Waals surface area contributed by atoms with Crippen molar-refractivity contribution < 1.29 is 17.0 Å². The summed E-state index contributed by atoms with van der Waals surface area (Å²) in [6.45, 7) is 0. The lowest BCUT2D eigenvalue weighted by Gasteiger charge is -2.48. The normalized spacial score (nSPS) is 20.3. The molecule has 0 radical (unpaired) electrons. The largest absolute Gasteiger partial charge is 1.00 e. The zero-order chi connectivity index (χ0) is 18.6. The van der Waals surface area contributed by atoms with Crippen LogP contribution in [0, 0.1) is 0 Å². The highest BCUT2D eigenvalue weighted by Gasteiger charge is 2.60. The van der Waals surface area contributed by atoms with Gasteiger partial charge in [0, 0.05) is 36.5 Å². The molecule has 0 fully saturated rings. The summed E-state index contributed by atoms with van der Waals surface area (Å²) in [5.74, 6) is 0.180. The third-order valence-corrected chi connectivity index (χ3v) is 6.47. The zero-order valence-corrected chi connectivity index (χ0v) is 16.6. The molecule has 0 saturated carbocycles. The fourth-order valence-electron chi connectivity index (χ4n) is 5.42. The van der Waals surface area contributed by atoms with E-state index in [0.717, 1.165) is 17.8 Å². The number of hydrogen-bond acceptors (Lipinski definition) is 2. The number of benzene rings is 1. The Morgan fingerprint density at radius 3 is 2.00 bits per heavy atom. The monoisotopic (exact) mass is 397 g/mol. The fraction of sp³-hybridized carbons (Fsp3) is 0.160. The molecule has 4 heteroatoms. The van der Waals surface area contributed by atoms with Gasteiger partial charge in [-0.15, -0.1) is 0 Å². The molecule has 142 valence electrons. The van der Waals surface area contributed by atoms with E-state index in [2.05, 4.69) is 77.5 Å². The van der Waals surface area contributed by atoms with Crippen molar-refractivity contribution in [1.29, 1.82) is 0 Å². The van der Waals surface area contributed by atoms with Gasteiger partial charge in [-0.25, -0.2) is 0 Å². The van der Waals surface area contributed by atoms with Gasteiger partial charge >= 0.3 is 0 Å². The second-order valence-corrected chi connectivity index (χ2v) is 7.72. The van der Waals surface area contributed by atoms with Crippen molar-refractivity contribution in [1.82, 2.24) is 9.97 Å². The lowest BCUT2D eigenvalue weighted by molar-refractivity contribution is -0.732. The molecule has 3 nitrogen and oxygen atoms in total. The first-order valence-corrected chi connectivity index (χ1v) is 9.81. The first kappa shape index (κ1) is 18.0. The summed E-state index contributed by atoms with van der Waals surface area (Å²) in [6.07, 6.45) is 7.01. The Morgan fingerprint density at radius 2 is 1.34 bits per heavy atom. The van der Waals surface area contributed by atoms with Gasteiger partial charge in [0.05, 0.1) is 22.7 Å². The maximum absolute atomic E-state index is 4.87.